The minimum absolute atomic E-state index is 0.0124. The molecule has 0 bridgehead atoms. The van der Waals surface area contributed by atoms with Crippen LogP contribution in [0.3, 0.4) is 0 Å². The summed E-state index contributed by atoms with van der Waals surface area (Å²) in [7, 11) is 0. The molecule has 0 radical (unpaired) electrons. The summed E-state index contributed by atoms with van der Waals surface area (Å²) in [5, 5.41) is 13.2. The summed E-state index contributed by atoms with van der Waals surface area (Å²) in [5.41, 5.74) is 1.81. The van der Waals surface area contributed by atoms with E-state index >= 15 is 0 Å². The number of piperidine rings is 1. The average molecular weight is 548 g/mol. The third-order valence-corrected chi connectivity index (χ3v) is 6.97. The number of carboxylic acids is 1. The van der Waals surface area contributed by atoms with Crippen molar-refractivity contribution in [1.82, 2.24) is 14.4 Å². The van der Waals surface area contributed by atoms with E-state index in [1.165, 1.54) is 4.40 Å². The first-order valence-corrected chi connectivity index (χ1v) is 12.4. The zero-order chi connectivity index (χ0) is 28.3. The topological polar surface area (TPSA) is 82.8 Å². The van der Waals surface area contributed by atoms with Gasteiger partial charge >= 0.3 is 12.1 Å². The SMILES string of the molecule is Cc1ccc(NC(C)c2cc(C)cc3c2nc(N2CCC(F)(F)CC2)n2cc(C(F)(F)F)nc32)c(C(=O)O)c1. The molecule has 0 saturated carbocycles. The van der Waals surface area contributed by atoms with Crippen LogP contribution in [0.15, 0.2) is 36.5 Å². The molecule has 1 aliphatic heterocycles. The van der Waals surface area contributed by atoms with Gasteiger partial charge in [-0.25, -0.2) is 23.5 Å². The molecule has 7 nitrogen and oxygen atoms in total. The number of hydrogen-bond donors (Lipinski definition) is 2. The second kappa shape index (κ2) is 9.35. The van der Waals surface area contributed by atoms with Crippen LogP contribution in [-0.2, 0) is 6.18 Å². The van der Waals surface area contributed by atoms with Crippen molar-refractivity contribution in [1.29, 1.82) is 0 Å². The van der Waals surface area contributed by atoms with Gasteiger partial charge in [0, 0.05) is 48.8 Å². The van der Waals surface area contributed by atoms with Crippen LogP contribution in [-0.4, -0.2) is 44.5 Å². The number of carboxylic acid groups (broad SMARTS) is 1. The Hall–Kier alpha value is -3.96. The number of benzene rings is 2. The number of imidazole rings is 1. The van der Waals surface area contributed by atoms with Crippen LogP contribution >= 0.6 is 0 Å². The van der Waals surface area contributed by atoms with Crippen molar-refractivity contribution in [2.45, 2.75) is 51.8 Å². The fourth-order valence-corrected chi connectivity index (χ4v) is 4.97. The third-order valence-electron chi connectivity index (χ3n) is 6.97. The number of nitrogens with zero attached hydrogens (tertiary/aromatic N) is 4. The Morgan fingerprint density at radius 2 is 1.77 bits per heavy atom. The number of anilines is 2. The van der Waals surface area contributed by atoms with Crippen molar-refractivity contribution in [3.63, 3.8) is 0 Å². The summed E-state index contributed by atoms with van der Waals surface area (Å²) in [6.07, 6.45) is -4.76. The van der Waals surface area contributed by atoms with Crippen LogP contribution in [0.1, 0.15) is 58.5 Å². The molecule has 0 aliphatic carbocycles. The highest BCUT2D eigenvalue weighted by molar-refractivity contribution is 5.97. The molecule has 4 aromatic rings. The van der Waals surface area contributed by atoms with Gasteiger partial charge < -0.3 is 15.3 Å². The third kappa shape index (κ3) is 5.07. The van der Waals surface area contributed by atoms with E-state index in [2.05, 4.69) is 10.3 Å². The van der Waals surface area contributed by atoms with Crippen LogP contribution in [0.25, 0.3) is 16.6 Å². The van der Waals surface area contributed by atoms with Gasteiger partial charge in [0.1, 0.15) is 5.65 Å². The lowest BCUT2D eigenvalue weighted by atomic mass is 10.00. The zero-order valence-electron chi connectivity index (χ0n) is 21.4. The molecule has 0 spiro atoms. The highest BCUT2D eigenvalue weighted by atomic mass is 19.4. The molecule has 3 heterocycles. The quantitative estimate of drug-likeness (QED) is 0.273. The molecule has 5 rings (SSSR count). The van der Waals surface area contributed by atoms with Crippen LogP contribution in [0.2, 0.25) is 0 Å². The predicted octanol–water partition coefficient (Wildman–Crippen LogP) is 6.62. The fourth-order valence-electron chi connectivity index (χ4n) is 4.97. The van der Waals surface area contributed by atoms with E-state index in [0.29, 0.717) is 22.2 Å². The molecule has 2 aromatic carbocycles. The van der Waals surface area contributed by atoms with Gasteiger partial charge in [-0.15, -0.1) is 0 Å². The van der Waals surface area contributed by atoms with Crippen molar-refractivity contribution in [2.24, 2.45) is 0 Å². The number of rotatable bonds is 5. The van der Waals surface area contributed by atoms with Crippen LogP contribution < -0.4 is 10.2 Å². The molecule has 12 heteroatoms. The van der Waals surface area contributed by atoms with Crippen LogP contribution in [0.4, 0.5) is 33.6 Å². The van der Waals surface area contributed by atoms with Gasteiger partial charge in [-0.1, -0.05) is 17.7 Å². The van der Waals surface area contributed by atoms with E-state index in [4.69, 9.17) is 4.98 Å². The van der Waals surface area contributed by atoms with Crippen molar-refractivity contribution in [3.8, 4) is 0 Å². The standard InChI is InChI=1S/C27H26F5N5O2/c1-14-4-5-20(18(10-14)24(38)39)33-16(3)17-11-15(2)12-19-22(17)35-25(36-8-6-26(28,29)7-9-36)37-13-21(27(30,31)32)34-23(19)37/h4-5,10-13,16,33H,6-9H2,1-3H3,(H,38,39). The summed E-state index contributed by atoms with van der Waals surface area (Å²) in [6, 6.07) is 7.96. The Bertz CT molecular complexity index is 1590. The lowest BCUT2D eigenvalue weighted by Gasteiger charge is -2.33. The van der Waals surface area contributed by atoms with E-state index in [0.717, 1.165) is 17.3 Å². The lowest BCUT2D eigenvalue weighted by Crippen LogP contribution is -2.40. The Morgan fingerprint density at radius 3 is 2.41 bits per heavy atom. The fraction of sp³-hybridized carbons (Fsp3) is 0.370. The van der Waals surface area contributed by atoms with E-state index in [1.54, 1.807) is 49.9 Å². The number of fused-ring (bicyclic) bond motifs is 3. The first-order chi connectivity index (χ1) is 18.2. The number of nitrogens with one attached hydrogen (secondary N) is 1. The Balaban J connectivity index is 1.69. The monoisotopic (exact) mass is 547 g/mol. The Kier molecular flexibility index (Phi) is 6.39. The van der Waals surface area contributed by atoms with Gasteiger partial charge in [-0.05, 0) is 44.5 Å². The molecule has 2 N–H and O–H groups in total. The maximum Gasteiger partial charge on any atom is 0.434 e. The number of aromatic carboxylic acids is 1. The molecule has 1 unspecified atom stereocenters. The van der Waals surface area contributed by atoms with Gasteiger partial charge in [0.25, 0.3) is 5.92 Å². The largest absolute Gasteiger partial charge is 0.478 e. The number of hydrogen-bond acceptors (Lipinski definition) is 5. The molecule has 1 saturated heterocycles. The smallest absolute Gasteiger partial charge is 0.434 e. The highest BCUT2D eigenvalue weighted by Crippen LogP contribution is 2.37. The molecule has 39 heavy (non-hydrogen) atoms. The van der Waals surface area contributed by atoms with Crippen molar-refractivity contribution < 1.29 is 31.9 Å². The first-order valence-electron chi connectivity index (χ1n) is 12.4. The molecule has 206 valence electrons. The minimum Gasteiger partial charge on any atom is -0.478 e. The summed E-state index contributed by atoms with van der Waals surface area (Å²) >= 11 is 0. The van der Waals surface area contributed by atoms with Gasteiger partial charge in [0.2, 0.25) is 5.95 Å². The van der Waals surface area contributed by atoms with E-state index in [9.17, 15) is 31.9 Å². The van der Waals surface area contributed by atoms with Gasteiger partial charge in [-0.2, -0.15) is 13.2 Å². The summed E-state index contributed by atoms with van der Waals surface area (Å²) < 4.78 is 70.1. The molecule has 1 atom stereocenters. The second-order valence-electron chi connectivity index (χ2n) is 10.0. The van der Waals surface area contributed by atoms with E-state index in [-0.39, 0.29) is 30.2 Å². The summed E-state index contributed by atoms with van der Waals surface area (Å²) in [5.74, 6) is -3.87. The van der Waals surface area contributed by atoms with Crippen LogP contribution in [0, 0.1) is 13.8 Å². The Labute approximate surface area is 220 Å². The number of aryl methyl sites for hydroxylation is 2. The minimum atomic E-state index is -4.72. The maximum atomic E-state index is 13.9. The van der Waals surface area contributed by atoms with Crippen LogP contribution in [0.5, 0.6) is 0 Å². The van der Waals surface area contributed by atoms with Gasteiger partial charge in [0.15, 0.2) is 5.69 Å². The molecule has 2 aromatic heterocycles. The van der Waals surface area contributed by atoms with Crippen molar-refractivity contribution >= 4 is 34.2 Å². The second-order valence-corrected chi connectivity index (χ2v) is 10.0. The highest BCUT2D eigenvalue weighted by Gasteiger charge is 2.37. The summed E-state index contributed by atoms with van der Waals surface area (Å²) in [6.45, 7) is 5.19. The van der Waals surface area contributed by atoms with Gasteiger partial charge in [0.05, 0.1) is 17.1 Å². The maximum absolute atomic E-state index is 13.9. The molecular formula is C27H26F5N5O2. The normalized spacial score (nSPS) is 16.6. The zero-order valence-corrected chi connectivity index (χ0v) is 21.4. The molecule has 1 aliphatic rings. The van der Waals surface area contributed by atoms with Crippen molar-refractivity contribution in [2.75, 3.05) is 23.3 Å². The molecule has 0 amide bonds. The van der Waals surface area contributed by atoms with Gasteiger partial charge in [-0.3, -0.25) is 4.40 Å². The predicted molar refractivity (Wildman–Crippen MR) is 137 cm³/mol. The number of halogens is 5. The first kappa shape index (κ1) is 26.6. The van der Waals surface area contributed by atoms with E-state index in [1.807, 2.05) is 6.07 Å². The summed E-state index contributed by atoms with van der Waals surface area (Å²) in [4.78, 5) is 22.0. The van der Waals surface area contributed by atoms with Crippen molar-refractivity contribution in [3.05, 3.63) is 64.5 Å². The van der Waals surface area contributed by atoms with E-state index < -0.39 is 42.6 Å². The lowest BCUT2D eigenvalue weighted by molar-refractivity contribution is -0.140. The molecule has 1 fully saturated rings. The average Bonchev–Trinajstić information content (AvgIpc) is 3.31. The number of alkyl halides is 5. The molecular weight excluding hydrogens is 521 g/mol. The number of aromatic nitrogens is 3. The Morgan fingerprint density at radius 1 is 1.08 bits per heavy atom. The number of carbonyl (C=O) groups is 1.